The van der Waals surface area contributed by atoms with Gasteiger partial charge in [0, 0.05) is 30.1 Å². The quantitative estimate of drug-likeness (QED) is 0.387. The van der Waals surface area contributed by atoms with Crippen LogP contribution < -0.4 is 16.2 Å². The number of carbonyl (C=O) groups excluding carboxylic acids is 2. The summed E-state index contributed by atoms with van der Waals surface area (Å²) in [5.74, 6) is -1.22. The second kappa shape index (κ2) is 10.0. The van der Waals surface area contributed by atoms with Crippen LogP contribution in [0, 0.1) is 5.82 Å². The van der Waals surface area contributed by atoms with Crippen molar-refractivity contribution >= 4 is 50.8 Å². The minimum atomic E-state index is -0.531. The fraction of sp³-hybridized carbons (Fsp3) is 0.391. The van der Waals surface area contributed by atoms with E-state index in [0.29, 0.717) is 17.4 Å². The Balaban J connectivity index is 1.60. The molecule has 2 heterocycles. The molecule has 3 aromatic rings. The lowest BCUT2D eigenvalue weighted by Crippen LogP contribution is -2.35. The number of primary amides is 1. The summed E-state index contributed by atoms with van der Waals surface area (Å²) in [6.07, 6.45) is 4.09. The molecule has 1 aliphatic carbocycles. The Bertz CT molecular complexity index is 1250. The molecule has 2 aromatic heterocycles. The monoisotopic (exact) mass is 488 g/mol. The van der Waals surface area contributed by atoms with Crippen molar-refractivity contribution in [1.29, 1.82) is 0 Å². The maximum atomic E-state index is 13.3. The summed E-state index contributed by atoms with van der Waals surface area (Å²) >= 11 is 2.77. The zero-order valence-electron chi connectivity index (χ0n) is 18.3. The van der Waals surface area contributed by atoms with Crippen LogP contribution in [0.25, 0.3) is 10.2 Å². The number of anilines is 1. The first kappa shape index (κ1) is 23.4. The van der Waals surface area contributed by atoms with Gasteiger partial charge in [0.25, 0.3) is 5.56 Å². The lowest BCUT2D eigenvalue weighted by molar-refractivity contribution is -0.118. The summed E-state index contributed by atoms with van der Waals surface area (Å²) in [5.41, 5.74) is 6.83. The number of fused-ring (bicyclic) bond motifs is 3. The van der Waals surface area contributed by atoms with Crippen LogP contribution in [0.15, 0.2) is 34.2 Å². The average molecular weight is 489 g/mol. The topological polar surface area (TPSA) is 98.3 Å². The minimum absolute atomic E-state index is 0.0131. The van der Waals surface area contributed by atoms with Crippen LogP contribution in [0.5, 0.6) is 0 Å². The molecule has 4 rings (SSSR count). The van der Waals surface area contributed by atoms with Gasteiger partial charge >= 0.3 is 0 Å². The maximum absolute atomic E-state index is 13.3. The number of hydrogen-bond donors (Lipinski definition) is 1. The number of benzene rings is 1. The second-order valence-electron chi connectivity index (χ2n) is 7.86. The van der Waals surface area contributed by atoms with Gasteiger partial charge < -0.3 is 10.6 Å². The van der Waals surface area contributed by atoms with Gasteiger partial charge in [-0.15, -0.1) is 11.3 Å². The summed E-state index contributed by atoms with van der Waals surface area (Å²) in [6, 6.07) is 5.49. The molecule has 33 heavy (non-hydrogen) atoms. The molecule has 174 valence electrons. The molecule has 1 aliphatic rings. The highest BCUT2D eigenvalue weighted by atomic mass is 32.2. The summed E-state index contributed by atoms with van der Waals surface area (Å²) in [7, 11) is 0. The molecule has 0 radical (unpaired) electrons. The van der Waals surface area contributed by atoms with Crippen LogP contribution in [0.3, 0.4) is 0 Å². The first-order valence-electron chi connectivity index (χ1n) is 10.9. The number of amides is 2. The number of carbonyl (C=O) groups is 2. The zero-order valence-corrected chi connectivity index (χ0v) is 19.9. The number of thiophene rings is 1. The second-order valence-corrected chi connectivity index (χ2v) is 9.89. The number of aryl methyl sites for hydroxylation is 2. The predicted octanol–water partition coefficient (Wildman–Crippen LogP) is 3.50. The normalized spacial score (nSPS) is 13.2. The molecule has 0 aliphatic heterocycles. The molecule has 0 unspecified atom stereocenters. The van der Waals surface area contributed by atoms with Crippen molar-refractivity contribution < 1.29 is 14.0 Å². The zero-order chi connectivity index (χ0) is 23.5. The van der Waals surface area contributed by atoms with Gasteiger partial charge in [-0.25, -0.2) is 9.37 Å². The van der Waals surface area contributed by atoms with E-state index < -0.39 is 11.7 Å². The third kappa shape index (κ3) is 4.96. The van der Waals surface area contributed by atoms with E-state index in [-0.39, 0.29) is 30.2 Å². The molecule has 2 N–H and O–H groups in total. The van der Waals surface area contributed by atoms with Crippen molar-refractivity contribution in [2.24, 2.45) is 5.73 Å². The number of hydrogen-bond acceptors (Lipinski definition) is 6. The van der Waals surface area contributed by atoms with E-state index in [1.54, 1.807) is 15.9 Å². The lowest BCUT2D eigenvalue weighted by Gasteiger charge is -2.22. The molecule has 0 fully saturated rings. The van der Waals surface area contributed by atoms with E-state index in [1.807, 2.05) is 6.92 Å². The molecule has 0 bridgehead atoms. The Labute approximate surface area is 198 Å². The van der Waals surface area contributed by atoms with Gasteiger partial charge in [-0.2, -0.15) is 0 Å². The van der Waals surface area contributed by atoms with Crippen molar-refractivity contribution in [3.8, 4) is 0 Å². The number of thioether (sulfide) groups is 1. The van der Waals surface area contributed by atoms with Crippen molar-refractivity contribution in [1.82, 2.24) is 9.55 Å². The largest absolute Gasteiger partial charge is 0.370 e. The first-order chi connectivity index (χ1) is 15.9. The van der Waals surface area contributed by atoms with Crippen molar-refractivity contribution in [2.75, 3.05) is 17.2 Å². The summed E-state index contributed by atoms with van der Waals surface area (Å²) in [5, 5.41) is 1.22. The van der Waals surface area contributed by atoms with Crippen LogP contribution in [0.1, 0.15) is 36.6 Å². The Hall–Kier alpha value is -2.72. The van der Waals surface area contributed by atoms with Crippen molar-refractivity contribution in [2.45, 2.75) is 50.7 Å². The highest BCUT2D eigenvalue weighted by molar-refractivity contribution is 7.99. The van der Waals surface area contributed by atoms with Crippen LogP contribution in [-0.4, -0.2) is 33.7 Å². The smallest absolute Gasteiger partial charge is 0.263 e. The fourth-order valence-corrected chi connectivity index (χ4v) is 6.30. The highest BCUT2D eigenvalue weighted by Gasteiger charge is 2.23. The van der Waals surface area contributed by atoms with Crippen LogP contribution in [-0.2, 0) is 29.0 Å². The molecular formula is C23H25FN4O3S2. The molecule has 0 spiro atoms. The van der Waals surface area contributed by atoms with E-state index in [2.05, 4.69) is 0 Å². The van der Waals surface area contributed by atoms with Crippen LogP contribution in [0.2, 0.25) is 0 Å². The molecular weight excluding hydrogens is 463 g/mol. The van der Waals surface area contributed by atoms with E-state index in [4.69, 9.17) is 10.7 Å². The van der Waals surface area contributed by atoms with Crippen LogP contribution in [0.4, 0.5) is 10.1 Å². The predicted molar refractivity (Wildman–Crippen MR) is 129 cm³/mol. The molecule has 0 saturated heterocycles. The molecule has 0 atom stereocenters. The lowest BCUT2D eigenvalue weighted by atomic mass is 9.97. The van der Waals surface area contributed by atoms with E-state index in [9.17, 15) is 18.8 Å². The molecule has 1 aromatic carbocycles. The number of nitrogens with zero attached hydrogens (tertiary/aromatic N) is 3. The van der Waals surface area contributed by atoms with E-state index >= 15 is 0 Å². The third-order valence-corrected chi connectivity index (χ3v) is 7.85. The number of halogens is 1. The summed E-state index contributed by atoms with van der Waals surface area (Å²) in [6.45, 7) is 2.43. The Kier molecular flexibility index (Phi) is 7.14. The summed E-state index contributed by atoms with van der Waals surface area (Å²) in [4.78, 5) is 45.8. The van der Waals surface area contributed by atoms with Gasteiger partial charge in [-0.05, 0) is 62.4 Å². The Morgan fingerprint density at radius 2 is 1.97 bits per heavy atom. The molecule has 0 saturated carbocycles. The average Bonchev–Trinajstić information content (AvgIpc) is 3.17. The Morgan fingerprint density at radius 1 is 1.24 bits per heavy atom. The molecule has 10 heteroatoms. The van der Waals surface area contributed by atoms with Gasteiger partial charge in [0.15, 0.2) is 5.16 Å². The van der Waals surface area contributed by atoms with Gasteiger partial charge in [-0.3, -0.25) is 19.0 Å². The number of aromatic nitrogens is 2. The first-order valence-corrected chi connectivity index (χ1v) is 12.7. The maximum Gasteiger partial charge on any atom is 0.263 e. The SMILES string of the molecule is CCn1c(SCC(=O)N(CCC(N)=O)c2ccc(F)cc2)nc2sc3c(c2c1=O)CCCC3. The standard InChI is InChI=1S/C23H25FN4O3S2/c1-2-27-22(31)20-16-5-3-4-6-17(16)33-21(20)26-23(27)32-13-19(30)28(12-11-18(25)29)15-9-7-14(24)8-10-15/h7-10H,2-6,11-13H2,1H3,(H2,25,29). The fourth-order valence-electron chi connectivity index (χ4n) is 4.05. The van der Waals surface area contributed by atoms with Gasteiger partial charge in [0.1, 0.15) is 10.6 Å². The third-order valence-electron chi connectivity index (χ3n) is 5.70. The van der Waals surface area contributed by atoms with Crippen molar-refractivity contribution in [3.63, 3.8) is 0 Å². The van der Waals surface area contributed by atoms with Crippen LogP contribution >= 0.6 is 23.1 Å². The van der Waals surface area contributed by atoms with Gasteiger partial charge in [0.05, 0.1) is 11.1 Å². The van der Waals surface area contributed by atoms with E-state index in [0.717, 1.165) is 41.5 Å². The van der Waals surface area contributed by atoms with E-state index in [1.165, 1.54) is 45.8 Å². The minimum Gasteiger partial charge on any atom is -0.370 e. The summed E-state index contributed by atoms with van der Waals surface area (Å²) < 4.78 is 15.0. The van der Waals surface area contributed by atoms with Gasteiger partial charge in [0.2, 0.25) is 11.8 Å². The number of nitrogens with two attached hydrogens (primary N) is 1. The van der Waals surface area contributed by atoms with Gasteiger partial charge in [-0.1, -0.05) is 11.8 Å². The highest BCUT2D eigenvalue weighted by Crippen LogP contribution is 2.34. The molecule has 7 nitrogen and oxygen atoms in total. The number of rotatable bonds is 8. The van der Waals surface area contributed by atoms with Crippen molar-refractivity contribution in [3.05, 3.63) is 50.9 Å². The molecule has 2 amide bonds. The Morgan fingerprint density at radius 3 is 2.67 bits per heavy atom.